The molecule has 0 aliphatic carbocycles. The molecule has 0 saturated heterocycles. The van der Waals surface area contributed by atoms with E-state index in [4.69, 9.17) is 11.5 Å². The minimum absolute atomic E-state index is 0.00253. The highest BCUT2D eigenvalue weighted by atomic mass is 32.1. The average molecular weight is 313 g/mol. The van der Waals surface area contributed by atoms with E-state index in [0.29, 0.717) is 17.5 Å². The summed E-state index contributed by atoms with van der Waals surface area (Å²) in [6.45, 7) is 0.644. The monoisotopic (exact) mass is 313 g/mol. The number of thiazole rings is 1. The third kappa shape index (κ3) is 7.11. The van der Waals surface area contributed by atoms with Crippen molar-refractivity contribution in [1.29, 1.82) is 0 Å². The lowest BCUT2D eigenvalue weighted by atomic mass is 10.2. The Balaban J connectivity index is 2.27. The molecule has 0 spiro atoms. The average Bonchev–Trinajstić information content (AvgIpc) is 2.83. The summed E-state index contributed by atoms with van der Waals surface area (Å²) in [5.74, 6) is 0.390. The molecule has 0 unspecified atom stereocenters. The molecule has 9 nitrogen and oxygen atoms in total. The maximum absolute atomic E-state index is 10.3. The quantitative estimate of drug-likeness (QED) is 0.168. The summed E-state index contributed by atoms with van der Waals surface area (Å²) in [6, 6.07) is 0. The zero-order chi connectivity index (χ0) is 15.7. The molecular weight excluding hydrogens is 294 g/mol. The zero-order valence-electron chi connectivity index (χ0n) is 11.7. The molecule has 1 aromatic rings. The highest BCUT2D eigenvalue weighted by Crippen LogP contribution is 2.19. The van der Waals surface area contributed by atoms with Crippen molar-refractivity contribution in [2.45, 2.75) is 19.3 Å². The Morgan fingerprint density at radius 2 is 2.33 bits per heavy atom. The molecule has 0 aliphatic rings. The van der Waals surface area contributed by atoms with Crippen molar-refractivity contribution in [2.24, 2.45) is 16.5 Å². The van der Waals surface area contributed by atoms with Gasteiger partial charge in [0.15, 0.2) is 11.8 Å². The van der Waals surface area contributed by atoms with Crippen LogP contribution in [0.1, 0.15) is 18.5 Å². The SMILES string of the molecule is CN/C(=C\[N+](=O)[O-])NCCCCc1csc(N=C(N)N)n1. The lowest BCUT2D eigenvalue weighted by molar-refractivity contribution is -0.404. The lowest BCUT2D eigenvalue weighted by Gasteiger charge is -2.07. The Hall–Kier alpha value is -2.36. The van der Waals surface area contributed by atoms with Crippen LogP contribution in [-0.4, -0.2) is 29.5 Å². The van der Waals surface area contributed by atoms with Crippen LogP contribution in [0.5, 0.6) is 0 Å². The molecule has 1 rings (SSSR count). The topological polar surface area (TPSA) is 144 Å². The number of aryl methyl sites for hydroxylation is 1. The number of nitro groups is 1. The molecule has 0 bridgehead atoms. The Bertz CT molecular complexity index is 522. The summed E-state index contributed by atoms with van der Waals surface area (Å²) >= 11 is 1.39. The number of guanidine groups is 1. The van der Waals surface area contributed by atoms with E-state index < -0.39 is 4.92 Å². The molecule has 0 amide bonds. The summed E-state index contributed by atoms with van der Waals surface area (Å²) in [6.07, 6.45) is 3.49. The number of aromatic nitrogens is 1. The largest absolute Gasteiger partial charge is 0.370 e. The fraction of sp³-hybridized carbons (Fsp3) is 0.455. The number of hydrogen-bond donors (Lipinski definition) is 4. The first-order valence-corrected chi connectivity index (χ1v) is 7.20. The summed E-state index contributed by atoms with van der Waals surface area (Å²) in [4.78, 5) is 18.0. The highest BCUT2D eigenvalue weighted by molar-refractivity contribution is 7.13. The molecule has 0 fully saturated rings. The van der Waals surface area contributed by atoms with E-state index >= 15 is 0 Å². The predicted molar refractivity (Wildman–Crippen MR) is 82.7 cm³/mol. The number of nitrogens with one attached hydrogen (secondary N) is 2. The van der Waals surface area contributed by atoms with Gasteiger partial charge in [-0.3, -0.25) is 10.1 Å². The number of aliphatic imine (C=N–C) groups is 1. The number of nitrogens with zero attached hydrogens (tertiary/aromatic N) is 3. The third-order valence-electron chi connectivity index (χ3n) is 2.44. The normalized spacial score (nSPS) is 11.0. The number of rotatable bonds is 9. The van der Waals surface area contributed by atoms with Gasteiger partial charge in [-0.1, -0.05) is 0 Å². The zero-order valence-corrected chi connectivity index (χ0v) is 12.5. The van der Waals surface area contributed by atoms with Crippen molar-refractivity contribution >= 4 is 22.4 Å². The molecule has 10 heteroatoms. The van der Waals surface area contributed by atoms with Crippen molar-refractivity contribution in [3.63, 3.8) is 0 Å². The molecule has 0 atom stereocenters. The highest BCUT2D eigenvalue weighted by Gasteiger charge is 2.02. The first kappa shape index (κ1) is 16.7. The summed E-state index contributed by atoms with van der Waals surface area (Å²) < 4.78 is 0. The van der Waals surface area contributed by atoms with Gasteiger partial charge in [-0.2, -0.15) is 4.99 Å². The third-order valence-corrected chi connectivity index (χ3v) is 3.23. The lowest BCUT2D eigenvalue weighted by Crippen LogP contribution is -2.25. The van der Waals surface area contributed by atoms with E-state index in [-0.39, 0.29) is 5.96 Å². The second-order valence-corrected chi connectivity index (χ2v) is 4.96. The van der Waals surface area contributed by atoms with Gasteiger partial charge in [-0.25, -0.2) is 4.98 Å². The van der Waals surface area contributed by atoms with Crippen LogP contribution in [0.15, 0.2) is 22.4 Å². The Morgan fingerprint density at radius 1 is 1.57 bits per heavy atom. The molecular formula is C11H19N7O2S. The summed E-state index contributed by atoms with van der Waals surface area (Å²) in [5, 5.41) is 18.5. The Kier molecular flexibility index (Phi) is 6.95. The maximum Gasteiger partial charge on any atom is 0.274 e. The van der Waals surface area contributed by atoms with Crippen LogP contribution in [0, 0.1) is 10.1 Å². The van der Waals surface area contributed by atoms with Gasteiger partial charge >= 0.3 is 0 Å². The van der Waals surface area contributed by atoms with Gasteiger partial charge in [0.2, 0.25) is 5.13 Å². The van der Waals surface area contributed by atoms with Crippen LogP contribution < -0.4 is 22.1 Å². The minimum Gasteiger partial charge on any atom is -0.370 e. The molecule has 0 aliphatic heterocycles. The van der Waals surface area contributed by atoms with Crippen LogP contribution >= 0.6 is 11.3 Å². The van der Waals surface area contributed by atoms with E-state index in [0.717, 1.165) is 31.2 Å². The van der Waals surface area contributed by atoms with Crippen LogP contribution in [-0.2, 0) is 6.42 Å². The molecule has 21 heavy (non-hydrogen) atoms. The van der Waals surface area contributed by atoms with Crippen molar-refractivity contribution in [3.05, 3.63) is 33.2 Å². The van der Waals surface area contributed by atoms with Gasteiger partial charge in [-0.05, 0) is 19.3 Å². The second kappa shape index (κ2) is 8.74. The van der Waals surface area contributed by atoms with E-state index in [1.54, 1.807) is 7.05 Å². The number of unbranched alkanes of at least 4 members (excludes halogenated alkanes) is 1. The first-order valence-electron chi connectivity index (χ1n) is 6.32. The van der Waals surface area contributed by atoms with Crippen LogP contribution in [0.3, 0.4) is 0 Å². The second-order valence-electron chi connectivity index (χ2n) is 4.12. The summed E-state index contributed by atoms with van der Waals surface area (Å²) in [7, 11) is 1.63. The van der Waals surface area contributed by atoms with Crippen LogP contribution in [0.4, 0.5) is 5.13 Å². The van der Waals surface area contributed by atoms with E-state index in [9.17, 15) is 10.1 Å². The van der Waals surface area contributed by atoms with Gasteiger partial charge in [0.1, 0.15) is 0 Å². The molecule has 1 aromatic heterocycles. The Labute approximate surface area is 126 Å². The first-order chi connectivity index (χ1) is 10.0. The fourth-order valence-corrected chi connectivity index (χ4v) is 2.27. The molecule has 0 aromatic carbocycles. The van der Waals surface area contributed by atoms with Gasteiger partial charge in [-0.15, -0.1) is 11.3 Å². The molecule has 6 N–H and O–H groups in total. The standard InChI is InChI=1S/C11H19N7O2S/c1-14-9(6-18(19)20)15-5-3-2-4-8-7-21-11(16-8)17-10(12)13/h6-7,14-15H,2-5H2,1H3,(H4,12,13,16,17)/b9-6+. The smallest absolute Gasteiger partial charge is 0.274 e. The van der Waals surface area contributed by atoms with E-state index in [2.05, 4.69) is 20.6 Å². The van der Waals surface area contributed by atoms with Gasteiger partial charge < -0.3 is 22.1 Å². The number of hydrogen-bond acceptors (Lipinski definition) is 7. The number of nitrogens with two attached hydrogens (primary N) is 2. The molecule has 0 radical (unpaired) electrons. The van der Waals surface area contributed by atoms with Crippen LogP contribution in [0.2, 0.25) is 0 Å². The van der Waals surface area contributed by atoms with Crippen molar-refractivity contribution in [1.82, 2.24) is 15.6 Å². The summed E-state index contributed by atoms with van der Waals surface area (Å²) in [5.41, 5.74) is 11.5. The van der Waals surface area contributed by atoms with E-state index in [1.807, 2.05) is 5.38 Å². The molecule has 116 valence electrons. The Morgan fingerprint density at radius 3 is 2.95 bits per heavy atom. The van der Waals surface area contributed by atoms with Gasteiger partial charge in [0, 0.05) is 19.0 Å². The van der Waals surface area contributed by atoms with Gasteiger partial charge in [0.25, 0.3) is 6.20 Å². The van der Waals surface area contributed by atoms with E-state index in [1.165, 1.54) is 11.3 Å². The maximum atomic E-state index is 10.3. The molecule has 0 saturated carbocycles. The predicted octanol–water partition coefficient (Wildman–Crippen LogP) is 0.255. The minimum atomic E-state index is -0.501. The van der Waals surface area contributed by atoms with Crippen molar-refractivity contribution in [3.8, 4) is 0 Å². The van der Waals surface area contributed by atoms with Crippen LogP contribution in [0.25, 0.3) is 0 Å². The molecule has 1 heterocycles. The fourth-order valence-electron chi connectivity index (χ4n) is 1.53. The van der Waals surface area contributed by atoms with Gasteiger partial charge in [0.05, 0.1) is 10.6 Å². The van der Waals surface area contributed by atoms with Crippen molar-refractivity contribution in [2.75, 3.05) is 13.6 Å². The van der Waals surface area contributed by atoms with Crippen molar-refractivity contribution < 1.29 is 4.92 Å².